The first-order chi connectivity index (χ1) is 7.22. The molecule has 0 bridgehead atoms. The van der Waals surface area contributed by atoms with Gasteiger partial charge in [0.25, 0.3) is 0 Å². The summed E-state index contributed by atoms with van der Waals surface area (Å²) in [6.07, 6.45) is 1.94. The number of halogens is 2. The third-order valence-electron chi connectivity index (χ3n) is 2.34. The van der Waals surface area contributed by atoms with Crippen LogP contribution < -0.4 is 0 Å². The number of fused-ring (bicyclic) bond motifs is 1. The Labute approximate surface area is 95.8 Å². The molecule has 15 heavy (non-hydrogen) atoms. The molecule has 1 aromatic carbocycles. The zero-order valence-electron chi connectivity index (χ0n) is 8.34. The van der Waals surface area contributed by atoms with Crippen LogP contribution in [-0.2, 0) is 11.3 Å². The zero-order valence-corrected chi connectivity index (χ0v) is 9.92. The Morgan fingerprint density at radius 2 is 2.27 bits per heavy atom. The maximum atomic E-state index is 13.2. The summed E-state index contributed by atoms with van der Waals surface area (Å²) in [5.74, 6) is -0.230. The van der Waals surface area contributed by atoms with E-state index in [4.69, 9.17) is 4.74 Å². The molecule has 0 atom stereocenters. The Balaban J connectivity index is 2.49. The lowest BCUT2D eigenvalue weighted by Crippen LogP contribution is -2.02. The average molecular weight is 272 g/mol. The van der Waals surface area contributed by atoms with Gasteiger partial charge in [0.1, 0.15) is 5.82 Å². The van der Waals surface area contributed by atoms with Gasteiger partial charge in [-0.15, -0.1) is 0 Å². The summed E-state index contributed by atoms with van der Waals surface area (Å²) in [4.78, 5) is 0. The summed E-state index contributed by atoms with van der Waals surface area (Å²) in [6, 6.07) is 4.98. The number of ether oxygens (including phenoxy) is 1. The van der Waals surface area contributed by atoms with E-state index in [9.17, 15) is 4.39 Å². The van der Waals surface area contributed by atoms with E-state index in [0.717, 1.165) is 21.9 Å². The smallest absolute Gasteiger partial charge is 0.126 e. The molecule has 4 heteroatoms. The van der Waals surface area contributed by atoms with Gasteiger partial charge < -0.3 is 9.30 Å². The minimum Gasteiger partial charge on any atom is -0.383 e. The van der Waals surface area contributed by atoms with E-state index < -0.39 is 0 Å². The summed E-state index contributed by atoms with van der Waals surface area (Å²) in [5, 5.41) is 1.02. The van der Waals surface area contributed by atoms with Crippen molar-refractivity contribution >= 4 is 26.8 Å². The number of nitrogens with zero attached hydrogens (tertiary/aromatic N) is 1. The standard InChI is InChI=1S/C11H11BrFNO/c1-15-5-4-14-3-2-9-10(12)6-8(13)7-11(9)14/h2-3,6-7H,4-5H2,1H3. The molecule has 0 amide bonds. The van der Waals surface area contributed by atoms with Crippen molar-refractivity contribution in [1.82, 2.24) is 4.57 Å². The average Bonchev–Trinajstić information content (AvgIpc) is 2.58. The Morgan fingerprint density at radius 3 is 3.00 bits per heavy atom. The molecule has 0 N–H and O–H groups in total. The minimum atomic E-state index is -0.230. The predicted octanol–water partition coefficient (Wildman–Crippen LogP) is 3.19. The van der Waals surface area contributed by atoms with Gasteiger partial charge in [-0.3, -0.25) is 0 Å². The van der Waals surface area contributed by atoms with E-state index in [0.29, 0.717) is 6.61 Å². The van der Waals surface area contributed by atoms with Crippen LogP contribution in [0.15, 0.2) is 28.9 Å². The zero-order chi connectivity index (χ0) is 10.8. The number of hydrogen-bond donors (Lipinski definition) is 0. The number of aromatic nitrogens is 1. The molecular weight excluding hydrogens is 261 g/mol. The monoisotopic (exact) mass is 271 g/mol. The van der Waals surface area contributed by atoms with E-state index >= 15 is 0 Å². The Bertz CT molecular complexity index is 481. The molecule has 80 valence electrons. The van der Waals surface area contributed by atoms with Crippen molar-refractivity contribution in [3.05, 3.63) is 34.7 Å². The highest BCUT2D eigenvalue weighted by molar-refractivity contribution is 9.10. The van der Waals surface area contributed by atoms with Crippen LogP contribution >= 0.6 is 15.9 Å². The number of hydrogen-bond acceptors (Lipinski definition) is 1. The van der Waals surface area contributed by atoms with Crippen molar-refractivity contribution in [1.29, 1.82) is 0 Å². The molecule has 2 nitrogen and oxygen atoms in total. The molecule has 0 saturated heterocycles. The topological polar surface area (TPSA) is 14.2 Å². The lowest BCUT2D eigenvalue weighted by molar-refractivity contribution is 0.188. The van der Waals surface area contributed by atoms with Crippen molar-refractivity contribution in [2.45, 2.75) is 6.54 Å². The number of benzene rings is 1. The van der Waals surface area contributed by atoms with E-state index in [1.807, 2.05) is 16.8 Å². The molecule has 1 heterocycles. The van der Waals surface area contributed by atoms with Crippen LogP contribution in [-0.4, -0.2) is 18.3 Å². The second kappa shape index (κ2) is 4.33. The van der Waals surface area contributed by atoms with Gasteiger partial charge in [0, 0.05) is 29.7 Å². The lowest BCUT2D eigenvalue weighted by atomic mass is 10.2. The predicted molar refractivity (Wildman–Crippen MR) is 61.5 cm³/mol. The van der Waals surface area contributed by atoms with Crippen LogP contribution in [0.3, 0.4) is 0 Å². The first kappa shape index (κ1) is 10.6. The summed E-state index contributed by atoms with van der Waals surface area (Å²) < 4.78 is 21.0. The molecule has 0 aliphatic carbocycles. The highest BCUT2D eigenvalue weighted by atomic mass is 79.9. The van der Waals surface area contributed by atoms with Gasteiger partial charge in [0.2, 0.25) is 0 Å². The normalized spacial score (nSPS) is 11.1. The van der Waals surface area contributed by atoms with Crippen LogP contribution in [0, 0.1) is 5.82 Å². The van der Waals surface area contributed by atoms with E-state index in [-0.39, 0.29) is 5.82 Å². The Morgan fingerprint density at radius 1 is 1.47 bits per heavy atom. The van der Waals surface area contributed by atoms with E-state index in [1.54, 1.807) is 7.11 Å². The van der Waals surface area contributed by atoms with Crippen LogP contribution in [0.1, 0.15) is 0 Å². The quantitative estimate of drug-likeness (QED) is 0.837. The van der Waals surface area contributed by atoms with Crippen LogP contribution in [0.2, 0.25) is 0 Å². The van der Waals surface area contributed by atoms with Crippen LogP contribution in [0.5, 0.6) is 0 Å². The van der Waals surface area contributed by atoms with Crippen molar-refractivity contribution in [3.8, 4) is 0 Å². The molecule has 0 saturated carbocycles. The molecule has 0 radical (unpaired) electrons. The summed E-state index contributed by atoms with van der Waals surface area (Å²) >= 11 is 3.34. The molecule has 2 rings (SSSR count). The maximum Gasteiger partial charge on any atom is 0.126 e. The van der Waals surface area contributed by atoms with Gasteiger partial charge in [-0.2, -0.15) is 0 Å². The molecule has 2 aromatic rings. The Hall–Kier alpha value is -0.870. The lowest BCUT2D eigenvalue weighted by Gasteiger charge is -2.04. The first-order valence-corrected chi connectivity index (χ1v) is 5.44. The van der Waals surface area contributed by atoms with Crippen molar-refractivity contribution in [3.63, 3.8) is 0 Å². The fraction of sp³-hybridized carbons (Fsp3) is 0.273. The van der Waals surface area contributed by atoms with Crippen LogP contribution in [0.25, 0.3) is 10.9 Å². The summed E-state index contributed by atoms with van der Waals surface area (Å²) in [5.41, 5.74) is 0.888. The highest BCUT2D eigenvalue weighted by Gasteiger charge is 2.06. The van der Waals surface area contributed by atoms with Crippen molar-refractivity contribution < 1.29 is 9.13 Å². The number of methoxy groups -OCH3 is 1. The van der Waals surface area contributed by atoms with Gasteiger partial charge in [-0.05, 0) is 34.1 Å². The fourth-order valence-corrected chi connectivity index (χ4v) is 2.16. The summed E-state index contributed by atoms with van der Waals surface area (Å²) in [6.45, 7) is 1.35. The molecule has 0 fully saturated rings. The molecule has 0 aliphatic heterocycles. The van der Waals surface area contributed by atoms with E-state index in [1.165, 1.54) is 12.1 Å². The largest absolute Gasteiger partial charge is 0.383 e. The Kier molecular flexibility index (Phi) is 3.07. The maximum absolute atomic E-state index is 13.2. The molecule has 0 aliphatic rings. The van der Waals surface area contributed by atoms with Gasteiger partial charge >= 0.3 is 0 Å². The second-order valence-corrected chi connectivity index (χ2v) is 4.18. The van der Waals surface area contributed by atoms with Crippen molar-refractivity contribution in [2.75, 3.05) is 13.7 Å². The SMILES string of the molecule is COCCn1ccc2c(Br)cc(F)cc21. The first-order valence-electron chi connectivity index (χ1n) is 4.65. The number of rotatable bonds is 3. The van der Waals surface area contributed by atoms with Gasteiger partial charge in [0.05, 0.1) is 12.1 Å². The molecule has 1 aromatic heterocycles. The highest BCUT2D eigenvalue weighted by Crippen LogP contribution is 2.26. The minimum absolute atomic E-state index is 0.230. The van der Waals surface area contributed by atoms with E-state index in [2.05, 4.69) is 15.9 Å². The van der Waals surface area contributed by atoms with Crippen LogP contribution in [0.4, 0.5) is 4.39 Å². The molecule has 0 spiro atoms. The second-order valence-electron chi connectivity index (χ2n) is 3.32. The van der Waals surface area contributed by atoms with Gasteiger partial charge in [-0.25, -0.2) is 4.39 Å². The van der Waals surface area contributed by atoms with Gasteiger partial charge in [-0.1, -0.05) is 0 Å². The summed E-state index contributed by atoms with van der Waals surface area (Å²) in [7, 11) is 1.65. The van der Waals surface area contributed by atoms with Crippen molar-refractivity contribution in [2.24, 2.45) is 0 Å². The fourth-order valence-electron chi connectivity index (χ4n) is 1.60. The van der Waals surface area contributed by atoms with Gasteiger partial charge in [0.15, 0.2) is 0 Å². The third kappa shape index (κ3) is 2.06. The molecular formula is C11H11BrFNO. The molecule has 0 unspecified atom stereocenters. The third-order valence-corrected chi connectivity index (χ3v) is 3.00.